The molecule has 0 aliphatic carbocycles. The predicted molar refractivity (Wildman–Crippen MR) is 126 cm³/mol. The van der Waals surface area contributed by atoms with Gasteiger partial charge in [0.25, 0.3) is 5.91 Å². The van der Waals surface area contributed by atoms with Gasteiger partial charge in [-0.3, -0.25) is 9.78 Å². The number of para-hydroxylation sites is 2. The second-order valence-corrected chi connectivity index (χ2v) is 8.76. The van der Waals surface area contributed by atoms with E-state index in [0.29, 0.717) is 17.2 Å². The molecule has 0 radical (unpaired) electrons. The van der Waals surface area contributed by atoms with Crippen molar-refractivity contribution in [3.05, 3.63) is 84.7 Å². The lowest BCUT2D eigenvalue weighted by molar-refractivity contribution is 0.0759. The highest BCUT2D eigenvalue weighted by Gasteiger charge is 2.55. The fourth-order valence-corrected chi connectivity index (χ4v) is 5.06. The van der Waals surface area contributed by atoms with E-state index < -0.39 is 0 Å². The first-order valence-electron chi connectivity index (χ1n) is 11.0. The van der Waals surface area contributed by atoms with Crippen LogP contribution in [0.1, 0.15) is 10.4 Å². The summed E-state index contributed by atoms with van der Waals surface area (Å²) in [6.07, 6.45) is 3.62. The molecule has 2 aliphatic heterocycles. The van der Waals surface area contributed by atoms with Gasteiger partial charge in [0.1, 0.15) is 5.75 Å². The number of carbonyl (C=O) groups excluding carboxylic acids is 1. The van der Waals surface area contributed by atoms with E-state index in [-0.39, 0.29) is 11.3 Å². The molecule has 5 rings (SSSR count). The van der Waals surface area contributed by atoms with Crippen LogP contribution in [0.3, 0.4) is 0 Å². The lowest BCUT2D eigenvalue weighted by atomic mass is 9.71. The smallest absolute Gasteiger partial charge is 0.257 e. The molecule has 0 saturated carbocycles. The number of ether oxygens (including phenoxy) is 1. The number of hydrogen-bond donors (Lipinski definition) is 1. The van der Waals surface area contributed by atoms with Gasteiger partial charge < -0.3 is 19.9 Å². The van der Waals surface area contributed by atoms with Crippen LogP contribution in [0.5, 0.6) is 5.75 Å². The van der Waals surface area contributed by atoms with Crippen LogP contribution in [-0.2, 0) is 0 Å². The van der Waals surface area contributed by atoms with E-state index in [0.717, 1.165) is 38.4 Å². The zero-order chi connectivity index (χ0) is 22.0. The Morgan fingerprint density at radius 3 is 2.59 bits per heavy atom. The molecule has 2 aromatic carbocycles. The molecule has 2 saturated heterocycles. The third kappa shape index (κ3) is 3.77. The molecule has 1 aromatic heterocycles. The Morgan fingerprint density at radius 1 is 1.06 bits per heavy atom. The topological polar surface area (TPSA) is 57.7 Å². The summed E-state index contributed by atoms with van der Waals surface area (Å²) in [7, 11) is 1.61. The average Bonchev–Trinajstić information content (AvgIpc) is 3.22. The van der Waals surface area contributed by atoms with Crippen molar-refractivity contribution in [2.24, 2.45) is 11.3 Å². The second-order valence-electron chi connectivity index (χ2n) is 8.76. The number of benzene rings is 2. The highest BCUT2D eigenvalue weighted by molar-refractivity contribution is 5.97. The lowest BCUT2D eigenvalue weighted by Gasteiger charge is -2.52. The molecule has 0 bridgehead atoms. The number of anilines is 2. The lowest BCUT2D eigenvalue weighted by Crippen LogP contribution is -2.61. The minimum absolute atomic E-state index is 0.0452. The summed E-state index contributed by atoms with van der Waals surface area (Å²) in [5.41, 5.74) is 2.95. The highest BCUT2D eigenvalue weighted by atomic mass is 16.5. The Bertz CT molecular complexity index is 1070. The van der Waals surface area contributed by atoms with Crippen molar-refractivity contribution >= 4 is 17.3 Å². The molecular formula is C26H28N4O2. The van der Waals surface area contributed by atoms with Crippen LogP contribution in [0.15, 0.2) is 79.1 Å². The van der Waals surface area contributed by atoms with E-state index in [4.69, 9.17) is 4.74 Å². The summed E-state index contributed by atoms with van der Waals surface area (Å²) in [5, 5.41) is 3.54. The van der Waals surface area contributed by atoms with Gasteiger partial charge in [0, 0.05) is 62.1 Å². The Balaban J connectivity index is 1.35. The number of methoxy groups -OCH3 is 1. The molecule has 32 heavy (non-hydrogen) atoms. The zero-order valence-electron chi connectivity index (χ0n) is 18.3. The van der Waals surface area contributed by atoms with Crippen LogP contribution in [0.25, 0.3) is 0 Å². The number of amides is 1. The van der Waals surface area contributed by atoms with Crippen LogP contribution >= 0.6 is 0 Å². The minimum Gasteiger partial charge on any atom is -0.496 e. The van der Waals surface area contributed by atoms with Crippen LogP contribution < -0.4 is 15.0 Å². The van der Waals surface area contributed by atoms with Crippen molar-refractivity contribution in [3.63, 3.8) is 0 Å². The molecule has 3 heterocycles. The summed E-state index contributed by atoms with van der Waals surface area (Å²) >= 11 is 0. The molecule has 6 nitrogen and oxygen atoms in total. The van der Waals surface area contributed by atoms with Crippen LogP contribution in [-0.4, -0.2) is 55.6 Å². The molecule has 1 spiro atoms. The summed E-state index contributed by atoms with van der Waals surface area (Å²) < 4.78 is 5.45. The fraction of sp³-hybridized carbons (Fsp3) is 0.308. The van der Waals surface area contributed by atoms with Gasteiger partial charge in [-0.05, 0) is 36.4 Å². The van der Waals surface area contributed by atoms with Crippen molar-refractivity contribution in [2.75, 3.05) is 50.1 Å². The van der Waals surface area contributed by atoms with Crippen molar-refractivity contribution in [1.29, 1.82) is 0 Å². The Kier molecular flexibility index (Phi) is 5.43. The van der Waals surface area contributed by atoms with Crippen LogP contribution in [0.4, 0.5) is 11.4 Å². The first-order valence-corrected chi connectivity index (χ1v) is 11.0. The number of likely N-dealkylation sites (tertiary alicyclic amines) is 1. The van der Waals surface area contributed by atoms with Crippen molar-refractivity contribution < 1.29 is 9.53 Å². The zero-order valence-corrected chi connectivity index (χ0v) is 18.3. The molecule has 1 N–H and O–H groups in total. The molecule has 3 aromatic rings. The molecular weight excluding hydrogens is 400 g/mol. The van der Waals surface area contributed by atoms with E-state index in [2.05, 4.69) is 39.5 Å². The van der Waals surface area contributed by atoms with E-state index in [1.54, 1.807) is 13.3 Å². The number of rotatable bonds is 6. The summed E-state index contributed by atoms with van der Waals surface area (Å²) in [4.78, 5) is 22.1. The largest absolute Gasteiger partial charge is 0.496 e. The third-order valence-electron chi connectivity index (χ3n) is 6.78. The number of hydrogen-bond acceptors (Lipinski definition) is 5. The maximum atomic E-state index is 13.4. The number of nitrogens with one attached hydrogen (secondary N) is 1. The maximum Gasteiger partial charge on any atom is 0.257 e. The predicted octanol–water partition coefficient (Wildman–Crippen LogP) is 3.78. The van der Waals surface area contributed by atoms with Gasteiger partial charge in [-0.25, -0.2) is 0 Å². The molecule has 6 heteroatoms. The molecule has 1 unspecified atom stereocenters. The minimum atomic E-state index is 0.0452. The quantitative estimate of drug-likeness (QED) is 0.648. The van der Waals surface area contributed by atoms with E-state index >= 15 is 0 Å². The second kappa shape index (κ2) is 8.54. The highest BCUT2D eigenvalue weighted by Crippen LogP contribution is 2.46. The van der Waals surface area contributed by atoms with Gasteiger partial charge in [0.15, 0.2) is 0 Å². The summed E-state index contributed by atoms with van der Waals surface area (Å²) in [6, 6.07) is 22.0. The van der Waals surface area contributed by atoms with Crippen LogP contribution in [0.2, 0.25) is 0 Å². The first-order chi connectivity index (χ1) is 15.7. The number of carbonyl (C=O) groups is 1. The third-order valence-corrected chi connectivity index (χ3v) is 6.78. The molecule has 2 fully saturated rings. The first kappa shape index (κ1) is 20.4. The number of pyridine rings is 1. The summed E-state index contributed by atoms with van der Waals surface area (Å²) in [6.45, 7) is 4.20. The normalized spacial score (nSPS) is 19.0. The van der Waals surface area contributed by atoms with Crippen molar-refractivity contribution in [1.82, 2.24) is 9.88 Å². The van der Waals surface area contributed by atoms with Gasteiger partial charge in [0.05, 0.1) is 18.4 Å². The van der Waals surface area contributed by atoms with Gasteiger partial charge in [-0.2, -0.15) is 0 Å². The Morgan fingerprint density at radius 2 is 1.84 bits per heavy atom. The molecule has 1 amide bonds. The molecule has 1 atom stereocenters. The number of aromatic nitrogens is 1. The monoisotopic (exact) mass is 428 g/mol. The van der Waals surface area contributed by atoms with Gasteiger partial charge in [-0.1, -0.05) is 30.3 Å². The molecule has 2 aliphatic rings. The van der Waals surface area contributed by atoms with Gasteiger partial charge in [-0.15, -0.1) is 0 Å². The van der Waals surface area contributed by atoms with E-state index in [1.807, 2.05) is 53.6 Å². The van der Waals surface area contributed by atoms with E-state index in [9.17, 15) is 4.79 Å². The standard InChI is InChI=1S/C26H28N4O2/c1-32-24-12-6-5-11-23(24)25(31)29-16-20(14-28-21-8-7-13-27-15-21)26(17-29)18-30(19-26)22-9-3-2-4-10-22/h2-13,15,20,28H,14,16-19H2,1H3. The van der Waals surface area contributed by atoms with Crippen LogP contribution in [0, 0.1) is 11.3 Å². The number of nitrogens with zero attached hydrogens (tertiary/aromatic N) is 3. The van der Waals surface area contributed by atoms with Gasteiger partial charge in [0.2, 0.25) is 0 Å². The van der Waals surface area contributed by atoms with Crippen molar-refractivity contribution in [3.8, 4) is 5.75 Å². The SMILES string of the molecule is COc1ccccc1C(=O)N1CC(CNc2cccnc2)C2(C1)CN(c1ccccc1)C2. The average molecular weight is 429 g/mol. The molecule has 164 valence electrons. The summed E-state index contributed by atoms with van der Waals surface area (Å²) in [5.74, 6) is 1.02. The Labute approximate surface area is 188 Å². The van der Waals surface area contributed by atoms with E-state index in [1.165, 1.54) is 5.69 Å². The fourth-order valence-electron chi connectivity index (χ4n) is 5.06. The van der Waals surface area contributed by atoms with Gasteiger partial charge >= 0.3 is 0 Å². The Hall–Kier alpha value is -3.54. The maximum absolute atomic E-state index is 13.4. The van der Waals surface area contributed by atoms with Crippen molar-refractivity contribution in [2.45, 2.75) is 0 Å².